The second-order valence-electron chi connectivity index (χ2n) is 5.82. The Morgan fingerprint density at radius 3 is 2.00 bits per heavy atom. The van der Waals surface area contributed by atoms with Crippen molar-refractivity contribution < 1.29 is 9.84 Å². The van der Waals surface area contributed by atoms with Crippen LogP contribution in [0.4, 0.5) is 0 Å². The molecule has 1 atom stereocenters. The van der Waals surface area contributed by atoms with Crippen molar-refractivity contribution in [3.8, 4) is 5.75 Å². The molecule has 0 radical (unpaired) electrons. The molecule has 0 heterocycles. The third-order valence-corrected chi connectivity index (χ3v) is 4.38. The third kappa shape index (κ3) is 2.81. The maximum atomic E-state index is 11.0. The van der Waals surface area contributed by atoms with Gasteiger partial charge in [0.05, 0.1) is 7.11 Å². The molecule has 0 aliphatic carbocycles. The normalized spacial score (nSPS) is 12.3. The lowest BCUT2D eigenvalue weighted by Crippen LogP contribution is -2.09. The standard InChI is InChI=1S/C19H24O2/c1-11-7-8-17(21-6)16(9-11)19(20)18-14(4)12(2)10-13(3)15(18)5/h7-10,19-20H,1-6H3. The topological polar surface area (TPSA) is 29.5 Å². The van der Waals surface area contributed by atoms with Crippen LogP contribution in [0.15, 0.2) is 24.3 Å². The molecule has 0 aliphatic heterocycles. The molecule has 2 nitrogen and oxygen atoms in total. The van der Waals surface area contributed by atoms with Crippen LogP contribution in [-0.4, -0.2) is 12.2 Å². The number of methoxy groups -OCH3 is 1. The van der Waals surface area contributed by atoms with Crippen LogP contribution in [0, 0.1) is 34.6 Å². The summed E-state index contributed by atoms with van der Waals surface area (Å²) in [4.78, 5) is 0. The highest BCUT2D eigenvalue weighted by atomic mass is 16.5. The van der Waals surface area contributed by atoms with Crippen LogP contribution in [0.5, 0.6) is 5.75 Å². The minimum atomic E-state index is -0.668. The van der Waals surface area contributed by atoms with Crippen LogP contribution in [0.3, 0.4) is 0 Å². The van der Waals surface area contributed by atoms with Crippen molar-refractivity contribution in [2.75, 3.05) is 7.11 Å². The first-order valence-electron chi connectivity index (χ1n) is 7.26. The average molecular weight is 284 g/mol. The molecule has 0 aromatic heterocycles. The van der Waals surface area contributed by atoms with E-state index in [1.54, 1.807) is 7.11 Å². The van der Waals surface area contributed by atoms with Crippen molar-refractivity contribution in [3.63, 3.8) is 0 Å². The summed E-state index contributed by atoms with van der Waals surface area (Å²) in [6.07, 6.45) is -0.668. The third-order valence-electron chi connectivity index (χ3n) is 4.38. The van der Waals surface area contributed by atoms with Crippen molar-refractivity contribution >= 4 is 0 Å². The summed E-state index contributed by atoms with van der Waals surface area (Å²) in [7, 11) is 1.64. The molecule has 2 rings (SSSR count). The Kier molecular flexibility index (Phi) is 4.38. The largest absolute Gasteiger partial charge is 0.496 e. The van der Waals surface area contributed by atoms with Crippen LogP contribution in [0.2, 0.25) is 0 Å². The van der Waals surface area contributed by atoms with Gasteiger partial charge in [0.25, 0.3) is 0 Å². The number of benzene rings is 2. The molecular formula is C19H24O2. The zero-order valence-electron chi connectivity index (χ0n) is 13.7. The molecule has 1 unspecified atom stereocenters. The van der Waals surface area contributed by atoms with Crippen LogP contribution >= 0.6 is 0 Å². The van der Waals surface area contributed by atoms with Gasteiger partial charge in [-0.3, -0.25) is 0 Å². The van der Waals surface area contributed by atoms with E-state index in [0.29, 0.717) is 0 Å². The van der Waals surface area contributed by atoms with Gasteiger partial charge < -0.3 is 9.84 Å². The summed E-state index contributed by atoms with van der Waals surface area (Å²) in [6, 6.07) is 8.09. The summed E-state index contributed by atoms with van der Waals surface area (Å²) in [6.45, 7) is 10.3. The molecule has 112 valence electrons. The van der Waals surface area contributed by atoms with Gasteiger partial charge in [-0.25, -0.2) is 0 Å². The van der Waals surface area contributed by atoms with Crippen LogP contribution in [0.1, 0.15) is 45.0 Å². The smallest absolute Gasteiger partial charge is 0.125 e. The Balaban J connectivity index is 2.65. The predicted molar refractivity (Wildman–Crippen MR) is 87.2 cm³/mol. The SMILES string of the molecule is COc1ccc(C)cc1C(O)c1c(C)c(C)cc(C)c1C. The van der Waals surface area contributed by atoms with E-state index in [1.807, 2.05) is 25.1 Å². The van der Waals surface area contributed by atoms with Crippen molar-refractivity contribution in [1.82, 2.24) is 0 Å². The van der Waals surface area contributed by atoms with Gasteiger partial charge in [-0.05, 0) is 74.6 Å². The highest BCUT2D eigenvalue weighted by Gasteiger charge is 2.21. The molecule has 0 aliphatic rings. The fourth-order valence-corrected chi connectivity index (χ4v) is 2.88. The molecule has 0 saturated carbocycles. The van der Waals surface area contributed by atoms with Gasteiger partial charge in [-0.15, -0.1) is 0 Å². The molecule has 0 fully saturated rings. The van der Waals surface area contributed by atoms with E-state index in [9.17, 15) is 5.11 Å². The van der Waals surface area contributed by atoms with Gasteiger partial charge in [-0.1, -0.05) is 17.7 Å². The number of hydrogen-bond donors (Lipinski definition) is 1. The summed E-state index contributed by atoms with van der Waals surface area (Å²) in [5, 5.41) is 11.0. The number of aryl methyl sites for hydroxylation is 3. The molecule has 2 aromatic rings. The van der Waals surface area contributed by atoms with E-state index in [4.69, 9.17) is 4.74 Å². The summed E-state index contributed by atoms with van der Waals surface area (Å²) in [5.74, 6) is 0.728. The van der Waals surface area contributed by atoms with Gasteiger partial charge in [-0.2, -0.15) is 0 Å². The van der Waals surface area contributed by atoms with Crippen molar-refractivity contribution in [1.29, 1.82) is 0 Å². The second-order valence-corrected chi connectivity index (χ2v) is 5.82. The van der Waals surface area contributed by atoms with Crippen LogP contribution in [-0.2, 0) is 0 Å². The van der Waals surface area contributed by atoms with E-state index in [2.05, 4.69) is 33.8 Å². The zero-order valence-corrected chi connectivity index (χ0v) is 13.7. The lowest BCUT2D eigenvalue weighted by molar-refractivity contribution is 0.213. The Hall–Kier alpha value is -1.80. The van der Waals surface area contributed by atoms with Gasteiger partial charge in [0.1, 0.15) is 11.9 Å². The van der Waals surface area contributed by atoms with E-state index in [1.165, 1.54) is 11.1 Å². The number of ether oxygens (including phenoxy) is 1. The van der Waals surface area contributed by atoms with E-state index in [0.717, 1.165) is 33.6 Å². The lowest BCUT2D eigenvalue weighted by Gasteiger charge is -2.22. The second kappa shape index (κ2) is 5.90. The predicted octanol–water partition coefficient (Wildman–Crippen LogP) is 4.32. The van der Waals surface area contributed by atoms with Crippen molar-refractivity contribution in [2.24, 2.45) is 0 Å². The molecule has 0 saturated heterocycles. The zero-order chi connectivity index (χ0) is 15.7. The Labute approximate surface area is 127 Å². The minimum absolute atomic E-state index is 0.668. The first-order valence-corrected chi connectivity index (χ1v) is 7.26. The maximum absolute atomic E-state index is 11.0. The van der Waals surface area contributed by atoms with E-state index >= 15 is 0 Å². The monoisotopic (exact) mass is 284 g/mol. The molecule has 0 bridgehead atoms. The Bertz CT molecular complexity index is 646. The summed E-state index contributed by atoms with van der Waals surface area (Å²) < 4.78 is 5.42. The van der Waals surface area contributed by atoms with Crippen LogP contribution < -0.4 is 4.74 Å². The fourth-order valence-electron chi connectivity index (χ4n) is 2.88. The highest BCUT2D eigenvalue weighted by molar-refractivity contribution is 5.51. The molecule has 0 spiro atoms. The summed E-state index contributed by atoms with van der Waals surface area (Å²) in [5.41, 5.74) is 7.65. The Morgan fingerprint density at radius 1 is 0.905 bits per heavy atom. The number of aliphatic hydroxyl groups is 1. The fraction of sp³-hybridized carbons (Fsp3) is 0.368. The maximum Gasteiger partial charge on any atom is 0.125 e. The van der Waals surface area contributed by atoms with Crippen molar-refractivity contribution in [3.05, 3.63) is 63.2 Å². The minimum Gasteiger partial charge on any atom is -0.496 e. The Morgan fingerprint density at radius 2 is 1.48 bits per heavy atom. The first kappa shape index (κ1) is 15.6. The molecule has 2 heteroatoms. The number of aliphatic hydroxyl groups excluding tert-OH is 1. The molecule has 1 N–H and O–H groups in total. The lowest BCUT2D eigenvalue weighted by atomic mass is 9.87. The van der Waals surface area contributed by atoms with Gasteiger partial charge in [0.15, 0.2) is 0 Å². The molecule has 21 heavy (non-hydrogen) atoms. The molecular weight excluding hydrogens is 260 g/mol. The number of hydrogen-bond acceptors (Lipinski definition) is 2. The first-order chi connectivity index (χ1) is 9.86. The van der Waals surface area contributed by atoms with Gasteiger partial charge >= 0.3 is 0 Å². The number of rotatable bonds is 3. The van der Waals surface area contributed by atoms with Crippen LogP contribution in [0.25, 0.3) is 0 Å². The molecule has 2 aromatic carbocycles. The van der Waals surface area contributed by atoms with Crippen molar-refractivity contribution in [2.45, 2.75) is 40.7 Å². The van der Waals surface area contributed by atoms with E-state index in [-0.39, 0.29) is 0 Å². The highest BCUT2D eigenvalue weighted by Crippen LogP contribution is 2.35. The van der Waals surface area contributed by atoms with Gasteiger partial charge in [0.2, 0.25) is 0 Å². The molecule has 0 amide bonds. The quantitative estimate of drug-likeness (QED) is 0.909. The van der Waals surface area contributed by atoms with E-state index < -0.39 is 6.10 Å². The summed E-state index contributed by atoms with van der Waals surface area (Å²) >= 11 is 0. The average Bonchev–Trinajstić information content (AvgIpc) is 2.45. The van der Waals surface area contributed by atoms with Gasteiger partial charge in [0, 0.05) is 5.56 Å².